The maximum Gasteiger partial charge on any atom is 0.350 e. The van der Waals surface area contributed by atoms with Crippen molar-refractivity contribution in [3.8, 4) is 5.75 Å². The van der Waals surface area contributed by atoms with Gasteiger partial charge in [0, 0.05) is 6.20 Å². The summed E-state index contributed by atoms with van der Waals surface area (Å²) in [5.41, 5.74) is 2.07. The second kappa shape index (κ2) is 10.8. The summed E-state index contributed by atoms with van der Waals surface area (Å²) in [4.78, 5) is 50.2. The van der Waals surface area contributed by atoms with Gasteiger partial charge >= 0.3 is 11.9 Å². The van der Waals surface area contributed by atoms with E-state index in [1.54, 1.807) is 73.8 Å². The number of Topliss-reactive ketones (excluding diaryl/α,β-unsaturated/α-hetero) is 1. The Hall–Kier alpha value is -4.77. The number of thiazole rings is 1. The van der Waals surface area contributed by atoms with Gasteiger partial charge in [-0.2, -0.15) is 0 Å². The van der Waals surface area contributed by atoms with Crippen LogP contribution in [0.3, 0.4) is 0 Å². The molecule has 1 amide bonds. The highest BCUT2D eigenvalue weighted by molar-refractivity contribution is 7.17. The van der Waals surface area contributed by atoms with Gasteiger partial charge in [-0.05, 0) is 50.6 Å². The molecule has 1 atom stereocenters. The van der Waals surface area contributed by atoms with Crippen LogP contribution in [-0.2, 0) is 14.3 Å². The monoisotopic (exact) mass is 558 g/mol. The minimum atomic E-state index is -1.07. The van der Waals surface area contributed by atoms with E-state index in [9.17, 15) is 19.5 Å². The second-order valence-electron chi connectivity index (χ2n) is 8.95. The van der Waals surface area contributed by atoms with Crippen molar-refractivity contribution in [2.75, 3.05) is 18.1 Å². The number of benzene rings is 1. The van der Waals surface area contributed by atoms with Gasteiger partial charge in [-0.3, -0.25) is 18.9 Å². The molecule has 0 aliphatic carbocycles. The van der Waals surface area contributed by atoms with Crippen molar-refractivity contribution in [1.82, 2.24) is 14.4 Å². The van der Waals surface area contributed by atoms with Crippen LogP contribution in [0.4, 0.5) is 5.13 Å². The van der Waals surface area contributed by atoms with E-state index in [0.29, 0.717) is 34.0 Å². The molecule has 0 saturated carbocycles. The average molecular weight is 559 g/mol. The fraction of sp³-hybridized carbons (Fsp3) is 0.207. The number of aliphatic hydroxyl groups excluding tert-OH is 1. The topological polar surface area (TPSA) is 123 Å². The number of hydrogen-bond acceptors (Lipinski definition) is 9. The van der Waals surface area contributed by atoms with Crippen LogP contribution in [0.15, 0.2) is 66.9 Å². The predicted octanol–water partition coefficient (Wildman–Crippen LogP) is 4.78. The molecule has 5 rings (SSSR count). The standard InChI is InChI=1S/C29H26N4O6S/c1-5-14-39-19-11-9-10-18(15-19)23-21(24(34)22-16(3)30-20-12-7-8-13-32(20)22)25(35)27(36)33(23)29-31-17(4)26(40-29)28(37)38-6-2/h5,7-13,15,23,34H,1,6,14H2,2-4H3/b24-21+. The smallest absolute Gasteiger partial charge is 0.350 e. The van der Waals surface area contributed by atoms with E-state index in [1.807, 2.05) is 6.07 Å². The number of rotatable bonds is 8. The van der Waals surface area contributed by atoms with Crippen molar-refractivity contribution in [3.63, 3.8) is 0 Å². The van der Waals surface area contributed by atoms with Crippen LogP contribution in [0.5, 0.6) is 5.75 Å². The van der Waals surface area contributed by atoms with E-state index < -0.39 is 23.7 Å². The number of ether oxygens (including phenoxy) is 2. The fourth-order valence-electron chi connectivity index (χ4n) is 4.67. The zero-order valence-electron chi connectivity index (χ0n) is 22.1. The third-order valence-corrected chi connectivity index (χ3v) is 7.50. The van der Waals surface area contributed by atoms with Crippen molar-refractivity contribution in [1.29, 1.82) is 0 Å². The Morgan fingerprint density at radius 1 is 1.15 bits per heavy atom. The number of pyridine rings is 1. The van der Waals surface area contributed by atoms with Crippen LogP contribution in [0, 0.1) is 13.8 Å². The summed E-state index contributed by atoms with van der Waals surface area (Å²) in [6, 6.07) is 11.2. The van der Waals surface area contributed by atoms with Crippen LogP contribution >= 0.6 is 11.3 Å². The summed E-state index contributed by atoms with van der Waals surface area (Å²) in [5.74, 6) is -2.25. The maximum atomic E-state index is 13.6. The average Bonchev–Trinajstić information content (AvgIpc) is 3.57. The summed E-state index contributed by atoms with van der Waals surface area (Å²) < 4.78 is 12.5. The number of ketones is 1. The summed E-state index contributed by atoms with van der Waals surface area (Å²) in [7, 11) is 0. The largest absolute Gasteiger partial charge is 0.505 e. The molecular weight excluding hydrogens is 532 g/mol. The maximum absolute atomic E-state index is 13.6. The van der Waals surface area contributed by atoms with Crippen LogP contribution in [0.25, 0.3) is 11.4 Å². The summed E-state index contributed by atoms with van der Waals surface area (Å²) in [6.45, 7) is 9.12. The number of fused-ring (bicyclic) bond motifs is 1. The summed E-state index contributed by atoms with van der Waals surface area (Å²) in [6.07, 6.45) is 3.32. The van der Waals surface area contributed by atoms with E-state index in [2.05, 4.69) is 16.5 Å². The van der Waals surface area contributed by atoms with Crippen LogP contribution in [0.1, 0.15) is 45.3 Å². The molecule has 11 heteroatoms. The number of aliphatic hydroxyl groups is 1. The molecule has 0 spiro atoms. The third-order valence-electron chi connectivity index (χ3n) is 6.37. The molecule has 1 N–H and O–H groups in total. The molecule has 1 aliphatic rings. The number of carbonyl (C=O) groups is 3. The molecule has 3 aromatic heterocycles. The number of nitrogens with zero attached hydrogens (tertiary/aromatic N) is 4. The molecule has 204 valence electrons. The fourth-order valence-corrected chi connectivity index (χ4v) is 5.66. The van der Waals surface area contributed by atoms with E-state index in [1.165, 1.54) is 4.90 Å². The summed E-state index contributed by atoms with van der Waals surface area (Å²) in [5, 5.41) is 11.8. The van der Waals surface area contributed by atoms with E-state index in [0.717, 1.165) is 11.3 Å². The minimum absolute atomic E-state index is 0.124. The Balaban J connectivity index is 1.74. The molecule has 1 aromatic carbocycles. The van der Waals surface area contributed by atoms with Gasteiger partial charge < -0.3 is 14.6 Å². The molecule has 1 unspecified atom stereocenters. The molecule has 40 heavy (non-hydrogen) atoms. The zero-order chi connectivity index (χ0) is 28.6. The molecule has 10 nitrogen and oxygen atoms in total. The highest BCUT2D eigenvalue weighted by Crippen LogP contribution is 2.44. The molecule has 1 aliphatic heterocycles. The minimum Gasteiger partial charge on any atom is -0.505 e. The van der Waals surface area contributed by atoms with Gasteiger partial charge in [0.1, 0.15) is 28.6 Å². The predicted molar refractivity (Wildman–Crippen MR) is 150 cm³/mol. The van der Waals surface area contributed by atoms with Gasteiger partial charge in [-0.15, -0.1) is 0 Å². The first-order chi connectivity index (χ1) is 19.3. The normalized spacial score (nSPS) is 16.5. The van der Waals surface area contributed by atoms with Gasteiger partial charge in [0.2, 0.25) is 0 Å². The highest BCUT2D eigenvalue weighted by atomic mass is 32.1. The third kappa shape index (κ3) is 4.54. The van der Waals surface area contributed by atoms with Crippen LogP contribution in [-0.4, -0.2) is 50.3 Å². The lowest BCUT2D eigenvalue weighted by molar-refractivity contribution is -0.132. The lowest BCUT2D eigenvalue weighted by Gasteiger charge is -2.23. The van der Waals surface area contributed by atoms with Gasteiger partial charge in [-0.25, -0.2) is 14.8 Å². The number of anilines is 1. The first-order valence-corrected chi connectivity index (χ1v) is 13.3. The molecule has 0 radical (unpaired) electrons. The van der Waals surface area contributed by atoms with Crippen molar-refractivity contribution in [2.24, 2.45) is 0 Å². The number of carbonyl (C=O) groups excluding carboxylic acids is 3. The number of amides is 1. The highest BCUT2D eigenvalue weighted by Gasteiger charge is 2.49. The molecule has 1 saturated heterocycles. The number of hydrogen-bond donors (Lipinski definition) is 1. The molecule has 0 bridgehead atoms. The molecule has 4 heterocycles. The molecule has 1 fully saturated rings. The molecule has 4 aromatic rings. The van der Waals surface area contributed by atoms with Crippen LogP contribution < -0.4 is 9.64 Å². The van der Waals surface area contributed by atoms with Gasteiger partial charge in [0.25, 0.3) is 5.78 Å². The Labute approximate surface area is 233 Å². The lowest BCUT2D eigenvalue weighted by Crippen LogP contribution is -2.29. The van der Waals surface area contributed by atoms with E-state index in [4.69, 9.17) is 9.47 Å². The van der Waals surface area contributed by atoms with E-state index >= 15 is 0 Å². The molecular formula is C29H26N4O6S. The van der Waals surface area contributed by atoms with Crippen molar-refractivity contribution >= 4 is 45.5 Å². The summed E-state index contributed by atoms with van der Waals surface area (Å²) >= 11 is 0.945. The first kappa shape index (κ1) is 26.8. The van der Waals surface area contributed by atoms with Crippen molar-refractivity contribution in [3.05, 3.63) is 94.4 Å². The van der Waals surface area contributed by atoms with Crippen molar-refractivity contribution in [2.45, 2.75) is 26.8 Å². The zero-order valence-corrected chi connectivity index (χ0v) is 22.9. The quantitative estimate of drug-likeness (QED) is 0.108. The number of imidazole rings is 1. The SMILES string of the molecule is C=CCOc1cccc(C2/C(=C(\O)c3c(C)nc4ccccn34)C(=O)C(=O)N2c2nc(C)c(C(=O)OCC)s2)c1. The first-order valence-electron chi connectivity index (χ1n) is 12.5. The van der Waals surface area contributed by atoms with Gasteiger partial charge in [0.05, 0.1) is 29.6 Å². The Morgan fingerprint density at radius 3 is 2.70 bits per heavy atom. The lowest BCUT2D eigenvalue weighted by atomic mass is 9.96. The van der Waals surface area contributed by atoms with Gasteiger partial charge in [-0.1, -0.05) is 42.2 Å². The number of aryl methyl sites for hydroxylation is 2. The Bertz CT molecular complexity index is 1700. The van der Waals surface area contributed by atoms with Crippen LogP contribution in [0.2, 0.25) is 0 Å². The second-order valence-corrected chi connectivity index (χ2v) is 9.92. The number of esters is 1. The number of aromatic nitrogens is 3. The van der Waals surface area contributed by atoms with E-state index in [-0.39, 0.29) is 34.6 Å². The van der Waals surface area contributed by atoms with Crippen molar-refractivity contribution < 1.29 is 29.0 Å². The Kier molecular flexibility index (Phi) is 7.22. The Morgan fingerprint density at radius 2 is 1.95 bits per heavy atom. The van der Waals surface area contributed by atoms with Gasteiger partial charge in [0.15, 0.2) is 10.9 Å².